The molecule has 8 nitrogen and oxygen atoms in total. The molecule has 0 radical (unpaired) electrons. The maximum atomic E-state index is 12.3. The van der Waals surface area contributed by atoms with Crippen LogP contribution < -0.4 is 10.2 Å². The molecule has 0 spiro atoms. The summed E-state index contributed by atoms with van der Waals surface area (Å²) in [5.41, 5.74) is -1.05. The number of benzene rings is 2. The van der Waals surface area contributed by atoms with Gasteiger partial charge in [0.1, 0.15) is 22.5 Å². The van der Waals surface area contributed by atoms with Gasteiger partial charge < -0.3 is 34.7 Å². The van der Waals surface area contributed by atoms with Gasteiger partial charge in [0.25, 0.3) is 0 Å². The summed E-state index contributed by atoms with van der Waals surface area (Å²) >= 11 is 0. The van der Waals surface area contributed by atoms with Crippen molar-refractivity contribution >= 4 is 11.0 Å². The van der Waals surface area contributed by atoms with Gasteiger partial charge in [-0.1, -0.05) is 0 Å². The molecule has 2 aromatic carbocycles. The van der Waals surface area contributed by atoms with Crippen molar-refractivity contribution < 1.29 is 34.7 Å². The van der Waals surface area contributed by atoms with Crippen LogP contribution in [0.2, 0.25) is 0 Å². The quantitative estimate of drug-likeness (QED) is 0.449. The van der Waals surface area contributed by atoms with E-state index in [-0.39, 0.29) is 33.8 Å². The summed E-state index contributed by atoms with van der Waals surface area (Å²) in [5, 5.41) is 48.4. The van der Waals surface area contributed by atoms with Crippen LogP contribution in [-0.4, -0.2) is 32.6 Å². The van der Waals surface area contributed by atoms with Crippen molar-refractivity contribution in [1.82, 2.24) is 0 Å². The van der Waals surface area contributed by atoms with E-state index < -0.39 is 28.4 Å². The summed E-state index contributed by atoms with van der Waals surface area (Å²) < 4.78 is 10.3. The van der Waals surface area contributed by atoms with Crippen LogP contribution in [0.3, 0.4) is 0 Å². The van der Waals surface area contributed by atoms with Gasteiger partial charge in [0, 0.05) is 17.7 Å². The van der Waals surface area contributed by atoms with Crippen LogP contribution in [0, 0.1) is 0 Å². The zero-order chi connectivity index (χ0) is 17.6. The Labute approximate surface area is 134 Å². The van der Waals surface area contributed by atoms with E-state index in [2.05, 4.69) is 0 Å². The number of phenolic OH excluding ortho intramolecular Hbond substituents is 4. The second-order valence-electron chi connectivity index (χ2n) is 4.99. The van der Waals surface area contributed by atoms with Gasteiger partial charge in [0.15, 0.2) is 17.3 Å². The second-order valence-corrected chi connectivity index (χ2v) is 4.99. The Bertz CT molecular complexity index is 1020. The molecular formula is C16H12O8. The molecule has 5 N–H and O–H groups in total. The Balaban J connectivity index is 2.38. The normalized spacial score (nSPS) is 10.9. The molecule has 1 heterocycles. The molecule has 124 valence electrons. The minimum absolute atomic E-state index is 0.0430. The van der Waals surface area contributed by atoms with Gasteiger partial charge in [0.05, 0.1) is 7.11 Å². The van der Waals surface area contributed by atoms with Crippen molar-refractivity contribution in [3.05, 3.63) is 34.5 Å². The maximum absolute atomic E-state index is 12.3. The SMILES string of the molecule is COc1cc(-c2oc3cc(O)cc(O)c3c(=O)c2O)cc(O)c1O. The first-order valence-electron chi connectivity index (χ1n) is 6.65. The van der Waals surface area contributed by atoms with E-state index in [1.54, 1.807) is 0 Å². The summed E-state index contributed by atoms with van der Waals surface area (Å²) in [5.74, 6) is -3.20. The Morgan fingerprint density at radius 1 is 0.917 bits per heavy atom. The van der Waals surface area contributed by atoms with Gasteiger partial charge in [-0.15, -0.1) is 0 Å². The number of ether oxygens (including phenoxy) is 1. The molecule has 0 unspecified atom stereocenters. The van der Waals surface area contributed by atoms with Crippen LogP contribution in [0.4, 0.5) is 0 Å². The third-order valence-corrected chi connectivity index (χ3v) is 3.47. The highest BCUT2D eigenvalue weighted by Gasteiger charge is 2.21. The molecule has 0 amide bonds. The average Bonchev–Trinajstić information content (AvgIpc) is 2.52. The topological polar surface area (TPSA) is 141 Å². The lowest BCUT2D eigenvalue weighted by Gasteiger charge is -2.10. The number of rotatable bonds is 2. The third-order valence-electron chi connectivity index (χ3n) is 3.47. The zero-order valence-corrected chi connectivity index (χ0v) is 12.3. The van der Waals surface area contributed by atoms with Gasteiger partial charge in [0.2, 0.25) is 16.9 Å². The van der Waals surface area contributed by atoms with Crippen molar-refractivity contribution in [2.75, 3.05) is 7.11 Å². The van der Waals surface area contributed by atoms with E-state index in [0.717, 1.165) is 18.2 Å². The average molecular weight is 332 g/mol. The van der Waals surface area contributed by atoms with Crippen LogP contribution in [0.1, 0.15) is 0 Å². The fourth-order valence-corrected chi connectivity index (χ4v) is 2.35. The minimum Gasteiger partial charge on any atom is -0.508 e. The zero-order valence-electron chi connectivity index (χ0n) is 12.3. The molecule has 0 saturated carbocycles. The van der Waals surface area contributed by atoms with Crippen molar-refractivity contribution in [3.8, 4) is 45.8 Å². The summed E-state index contributed by atoms with van der Waals surface area (Å²) in [6.07, 6.45) is 0. The molecular weight excluding hydrogens is 320 g/mol. The monoisotopic (exact) mass is 332 g/mol. The lowest BCUT2D eigenvalue weighted by Crippen LogP contribution is -2.03. The van der Waals surface area contributed by atoms with E-state index in [0.29, 0.717) is 0 Å². The first-order chi connectivity index (χ1) is 11.3. The summed E-state index contributed by atoms with van der Waals surface area (Å²) in [6, 6.07) is 4.33. The third kappa shape index (κ3) is 2.21. The smallest absolute Gasteiger partial charge is 0.238 e. The van der Waals surface area contributed by atoms with Crippen LogP contribution in [-0.2, 0) is 0 Å². The van der Waals surface area contributed by atoms with Gasteiger partial charge >= 0.3 is 0 Å². The molecule has 8 heteroatoms. The summed E-state index contributed by atoms with van der Waals surface area (Å²) in [6.45, 7) is 0. The fourth-order valence-electron chi connectivity index (χ4n) is 2.35. The standard InChI is InChI=1S/C16H12O8/c1-23-11-3-6(2-9(19)13(11)20)16-15(22)14(21)12-8(18)4-7(17)5-10(12)24-16/h2-5,17-20,22H,1H3. The van der Waals surface area contributed by atoms with E-state index >= 15 is 0 Å². The first-order valence-corrected chi connectivity index (χ1v) is 6.65. The molecule has 0 aliphatic heterocycles. The van der Waals surface area contributed by atoms with Crippen molar-refractivity contribution in [2.45, 2.75) is 0 Å². The van der Waals surface area contributed by atoms with Gasteiger partial charge in [-0.25, -0.2) is 0 Å². The Hall–Kier alpha value is -3.55. The highest BCUT2D eigenvalue weighted by Crippen LogP contribution is 2.42. The van der Waals surface area contributed by atoms with Gasteiger partial charge in [-0.05, 0) is 12.1 Å². The summed E-state index contributed by atoms with van der Waals surface area (Å²) in [7, 11) is 1.25. The number of hydrogen-bond donors (Lipinski definition) is 5. The number of hydrogen-bond acceptors (Lipinski definition) is 8. The van der Waals surface area contributed by atoms with E-state index in [9.17, 15) is 30.3 Å². The lowest BCUT2D eigenvalue weighted by molar-refractivity contribution is 0.351. The second kappa shape index (κ2) is 5.27. The van der Waals surface area contributed by atoms with Crippen LogP contribution in [0.25, 0.3) is 22.3 Å². The summed E-state index contributed by atoms with van der Waals surface area (Å²) in [4.78, 5) is 12.3. The van der Waals surface area contributed by atoms with E-state index in [1.807, 2.05) is 0 Å². The molecule has 0 aliphatic rings. The molecule has 24 heavy (non-hydrogen) atoms. The highest BCUT2D eigenvalue weighted by molar-refractivity contribution is 5.88. The molecule has 1 aromatic heterocycles. The van der Waals surface area contributed by atoms with Crippen LogP contribution >= 0.6 is 0 Å². The molecule has 0 aliphatic carbocycles. The predicted octanol–water partition coefficient (Wildman–Crippen LogP) is 2.00. The fraction of sp³-hybridized carbons (Fsp3) is 0.0625. The molecule has 0 atom stereocenters. The number of fused-ring (bicyclic) bond motifs is 1. The minimum atomic E-state index is -0.921. The molecule has 3 rings (SSSR count). The van der Waals surface area contributed by atoms with Crippen molar-refractivity contribution in [2.24, 2.45) is 0 Å². The lowest BCUT2D eigenvalue weighted by atomic mass is 10.1. The molecule has 0 bridgehead atoms. The first kappa shape index (κ1) is 15.3. The maximum Gasteiger partial charge on any atom is 0.238 e. The van der Waals surface area contributed by atoms with E-state index in [4.69, 9.17) is 9.15 Å². The molecule has 3 aromatic rings. The van der Waals surface area contributed by atoms with E-state index in [1.165, 1.54) is 13.2 Å². The predicted molar refractivity (Wildman–Crippen MR) is 82.8 cm³/mol. The Kier molecular flexibility index (Phi) is 3.37. The molecule has 0 fully saturated rings. The van der Waals surface area contributed by atoms with Gasteiger partial charge in [-0.3, -0.25) is 4.79 Å². The van der Waals surface area contributed by atoms with Gasteiger partial charge in [-0.2, -0.15) is 0 Å². The Morgan fingerprint density at radius 2 is 1.62 bits per heavy atom. The number of aromatic hydroxyl groups is 5. The molecule has 0 saturated heterocycles. The number of methoxy groups -OCH3 is 1. The highest BCUT2D eigenvalue weighted by atomic mass is 16.5. The van der Waals surface area contributed by atoms with Crippen molar-refractivity contribution in [1.29, 1.82) is 0 Å². The van der Waals surface area contributed by atoms with Crippen LogP contribution in [0.5, 0.6) is 34.5 Å². The van der Waals surface area contributed by atoms with Crippen molar-refractivity contribution in [3.63, 3.8) is 0 Å². The Morgan fingerprint density at radius 3 is 2.29 bits per heavy atom. The van der Waals surface area contributed by atoms with Crippen LogP contribution in [0.15, 0.2) is 33.5 Å². The largest absolute Gasteiger partial charge is 0.508 e. The number of phenols is 4.